The van der Waals surface area contributed by atoms with Crippen LogP contribution in [0.2, 0.25) is 0 Å². The van der Waals surface area contributed by atoms with Gasteiger partial charge in [0.25, 0.3) is 10.0 Å². The van der Waals surface area contributed by atoms with E-state index in [1.54, 1.807) is 24.2 Å². The lowest BCUT2D eigenvalue weighted by Crippen LogP contribution is -2.53. The molecule has 2 aromatic rings. The fourth-order valence-electron chi connectivity index (χ4n) is 4.46. The molecule has 2 aliphatic rings. The topological polar surface area (TPSA) is 88.0 Å². The quantitative estimate of drug-likeness (QED) is 0.637. The number of methoxy groups -OCH3 is 1. The average molecular weight is 476 g/mol. The third-order valence-electron chi connectivity index (χ3n) is 6.54. The van der Waals surface area contributed by atoms with E-state index in [1.165, 1.54) is 4.31 Å². The van der Waals surface area contributed by atoms with Crippen molar-refractivity contribution in [3.8, 4) is 5.75 Å². The van der Waals surface area contributed by atoms with E-state index >= 15 is 0 Å². The number of anilines is 1. The summed E-state index contributed by atoms with van der Waals surface area (Å²) in [5.41, 5.74) is 1.11. The number of amides is 1. The first kappa shape index (κ1) is 23.6. The van der Waals surface area contributed by atoms with Crippen molar-refractivity contribution >= 4 is 21.6 Å². The van der Waals surface area contributed by atoms with Gasteiger partial charge in [0.15, 0.2) is 5.03 Å². The van der Waals surface area contributed by atoms with Gasteiger partial charge >= 0.3 is 0 Å². The molecule has 3 heterocycles. The van der Waals surface area contributed by atoms with Gasteiger partial charge in [-0.25, -0.2) is 13.4 Å². The second kappa shape index (κ2) is 9.72. The molecule has 1 aromatic carbocycles. The van der Waals surface area contributed by atoms with E-state index < -0.39 is 10.0 Å². The van der Waals surface area contributed by atoms with Gasteiger partial charge in [-0.1, -0.05) is 0 Å². The van der Waals surface area contributed by atoms with Crippen molar-refractivity contribution in [3.05, 3.63) is 36.8 Å². The monoisotopic (exact) mass is 475 g/mol. The fourth-order valence-corrected chi connectivity index (χ4v) is 5.91. The first-order valence-corrected chi connectivity index (χ1v) is 12.9. The normalized spacial score (nSPS) is 20.3. The Labute approximate surface area is 196 Å². The minimum Gasteiger partial charge on any atom is -0.497 e. The van der Waals surface area contributed by atoms with Crippen LogP contribution in [0.5, 0.6) is 5.75 Å². The van der Waals surface area contributed by atoms with Crippen LogP contribution in [-0.2, 0) is 14.8 Å². The van der Waals surface area contributed by atoms with Crippen LogP contribution in [0.25, 0.3) is 0 Å². The summed E-state index contributed by atoms with van der Waals surface area (Å²) in [5.74, 6) is 0.561. The highest BCUT2D eigenvalue weighted by Crippen LogP contribution is 2.26. The summed E-state index contributed by atoms with van der Waals surface area (Å²) in [6.45, 7) is 7.35. The molecule has 1 amide bonds. The first-order valence-electron chi connectivity index (χ1n) is 11.5. The Kier molecular flexibility index (Phi) is 6.94. The third kappa shape index (κ3) is 5.01. The highest BCUT2D eigenvalue weighted by molar-refractivity contribution is 7.89. The van der Waals surface area contributed by atoms with Crippen molar-refractivity contribution in [1.82, 2.24) is 18.8 Å². The zero-order chi connectivity index (χ0) is 23.6. The highest BCUT2D eigenvalue weighted by Gasteiger charge is 2.36. The summed E-state index contributed by atoms with van der Waals surface area (Å²) < 4.78 is 34.7. The van der Waals surface area contributed by atoms with Crippen LogP contribution in [0.4, 0.5) is 5.69 Å². The molecule has 33 heavy (non-hydrogen) atoms. The number of sulfonamides is 1. The van der Waals surface area contributed by atoms with Crippen molar-refractivity contribution in [2.75, 3.05) is 51.3 Å². The van der Waals surface area contributed by atoms with Crippen LogP contribution in [-0.4, -0.2) is 79.5 Å². The largest absolute Gasteiger partial charge is 0.497 e. The Hall–Kier alpha value is -2.59. The Balaban J connectivity index is 1.36. The molecule has 180 valence electrons. The van der Waals surface area contributed by atoms with Crippen molar-refractivity contribution in [2.24, 2.45) is 5.92 Å². The Morgan fingerprint density at radius 3 is 2.39 bits per heavy atom. The number of carbonyl (C=O) groups is 1. The first-order chi connectivity index (χ1) is 15.8. The lowest BCUT2D eigenvalue weighted by Gasteiger charge is -2.39. The van der Waals surface area contributed by atoms with Gasteiger partial charge in [0.05, 0.1) is 19.4 Å². The molecule has 10 heteroatoms. The molecule has 0 spiro atoms. The van der Waals surface area contributed by atoms with Crippen LogP contribution in [0.15, 0.2) is 41.8 Å². The minimum atomic E-state index is -3.71. The zero-order valence-corrected chi connectivity index (χ0v) is 20.4. The second-order valence-electron chi connectivity index (χ2n) is 8.97. The Morgan fingerprint density at radius 2 is 1.79 bits per heavy atom. The summed E-state index contributed by atoms with van der Waals surface area (Å²) in [7, 11) is -2.06. The molecule has 0 saturated carbocycles. The number of aromatic nitrogens is 2. The molecular formula is C23H33N5O4S. The van der Waals surface area contributed by atoms with E-state index in [-0.39, 0.29) is 29.4 Å². The molecule has 1 atom stereocenters. The van der Waals surface area contributed by atoms with Gasteiger partial charge in [-0.3, -0.25) is 4.79 Å². The highest BCUT2D eigenvalue weighted by atomic mass is 32.2. The van der Waals surface area contributed by atoms with Crippen molar-refractivity contribution in [2.45, 2.75) is 37.8 Å². The Morgan fingerprint density at radius 1 is 1.09 bits per heavy atom. The van der Waals surface area contributed by atoms with Crippen molar-refractivity contribution in [3.63, 3.8) is 0 Å². The van der Waals surface area contributed by atoms with Gasteiger partial charge in [0.2, 0.25) is 5.91 Å². The molecule has 2 fully saturated rings. The number of piperazine rings is 1. The number of hydrogen-bond donors (Lipinski definition) is 0. The summed E-state index contributed by atoms with van der Waals surface area (Å²) in [4.78, 5) is 21.5. The number of hydrogen-bond acceptors (Lipinski definition) is 6. The van der Waals surface area contributed by atoms with Crippen LogP contribution in [0, 0.1) is 5.92 Å². The average Bonchev–Trinajstić information content (AvgIpc) is 3.36. The SMILES string of the molecule is COc1ccc(N2CCN(C(=O)[C@@H]3CCCN(S(=O)(=O)c4cn(C(C)C)cn4)C3)CC2)cc1. The number of ether oxygens (including phenoxy) is 1. The number of benzene rings is 1. The number of imidazole rings is 1. The molecule has 0 aliphatic carbocycles. The molecule has 0 bridgehead atoms. The summed E-state index contributed by atoms with van der Waals surface area (Å²) in [6, 6.07) is 8.07. The molecule has 1 aromatic heterocycles. The van der Waals surface area contributed by atoms with Gasteiger partial charge in [0.1, 0.15) is 5.75 Å². The van der Waals surface area contributed by atoms with E-state index in [9.17, 15) is 13.2 Å². The van der Waals surface area contributed by atoms with E-state index in [2.05, 4.69) is 9.88 Å². The maximum atomic E-state index is 13.2. The Bertz CT molecular complexity index is 1060. The lowest BCUT2D eigenvalue weighted by molar-refractivity contribution is -0.137. The predicted octanol–water partition coefficient (Wildman–Crippen LogP) is 2.22. The number of carbonyl (C=O) groups excluding carboxylic acids is 1. The van der Waals surface area contributed by atoms with Gasteiger partial charge < -0.3 is 19.1 Å². The molecule has 9 nitrogen and oxygen atoms in total. The smallest absolute Gasteiger partial charge is 0.262 e. The van der Waals surface area contributed by atoms with E-state index in [0.29, 0.717) is 32.5 Å². The van der Waals surface area contributed by atoms with Gasteiger partial charge in [0, 0.05) is 57.2 Å². The third-order valence-corrected chi connectivity index (χ3v) is 8.29. The van der Waals surface area contributed by atoms with Crippen LogP contribution in [0.1, 0.15) is 32.7 Å². The molecular weight excluding hydrogens is 442 g/mol. The summed E-state index contributed by atoms with van der Waals surface area (Å²) in [6.07, 6.45) is 4.51. The number of rotatable bonds is 6. The predicted molar refractivity (Wildman–Crippen MR) is 126 cm³/mol. The summed E-state index contributed by atoms with van der Waals surface area (Å²) >= 11 is 0. The maximum Gasteiger partial charge on any atom is 0.262 e. The molecule has 4 rings (SSSR count). The lowest BCUT2D eigenvalue weighted by atomic mass is 9.97. The van der Waals surface area contributed by atoms with Gasteiger partial charge in [-0.15, -0.1) is 0 Å². The molecule has 0 radical (unpaired) electrons. The maximum absolute atomic E-state index is 13.2. The summed E-state index contributed by atoms with van der Waals surface area (Å²) in [5, 5.41) is 0.0532. The molecule has 0 unspecified atom stereocenters. The van der Waals surface area contributed by atoms with E-state index in [0.717, 1.165) is 24.5 Å². The molecule has 2 saturated heterocycles. The van der Waals surface area contributed by atoms with E-state index in [1.807, 2.05) is 43.0 Å². The standard InChI is InChI=1S/C23H33N5O4S/c1-18(2)27-16-22(24-17-27)33(30,31)28-10-4-5-19(15-28)23(29)26-13-11-25(12-14-26)20-6-8-21(32-3)9-7-20/h6-9,16-19H,4-5,10-15H2,1-3H3/t19-/m1/s1. The molecule has 0 N–H and O–H groups in total. The fraction of sp³-hybridized carbons (Fsp3) is 0.565. The van der Waals surface area contributed by atoms with Gasteiger partial charge in [-0.2, -0.15) is 4.31 Å². The van der Waals surface area contributed by atoms with Crippen LogP contribution < -0.4 is 9.64 Å². The zero-order valence-electron chi connectivity index (χ0n) is 19.6. The molecule has 2 aliphatic heterocycles. The van der Waals surface area contributed by atoms with E-state index in [4.69, 9.17) is 4.74 Å². The number of piperidine rings is 1. The van der Waals surface area contributed by atoms with Crippen molar-refractivity contribution in [1.29, 1.82) is 0 Å². The minimum absolute atomic E-state index is 0.0528. The number of nitrogens with zero attached hydrogens (tertiary/aromatic N) is 5. The van der Waals surface area contributed by atoms with Crippen LogP contribution in [0.3, 0.4) is 0 Å². The van der Waals surface area contributed by atoms with Crippen molar-refractivity contribution < 1.29 is 17.9 Å². The second-order valence-corrected chi connectivity index (χ2v) is 10.9. The van der Waals surface area contributed by atoms with Crippen LogP contribution >= 0.6 is 0 Å². The van der Waals surface area contributed by atoms with Gasteiger partial charge in [-0.05, 0) is 51.0 Å².